The van der Waals surface area contributed by atoms with Gasteiger partial charge in [0.2, 0.25) is 5.91 Å². The lowest BCUT2D eigenvalue weighted by Gasteiger charge is -2.06. The van der Waals surface area contributed by atoms with E-state index in [-0.39, 0.29) is 0 Å². The van der Waals surface area contributed by atoms with Crippen LogP contribution in [-0.4, -0.2) is 42.8 Å². The summed E-state index contributed by atoms with van der Waals surface area (Å²) in [5.41, 5.74) is 10.4. The molecule has 0 saturated heterocycles. The van der Waals surface area contributed by atoms with Gasteiger partial charge in [-0.25, -0.2) is 0 Å². The summed E-state index contributed by atoms with van der Waals surface area (Å²) < 4.78 is 0. The van der Waals surface area contributed by atoms with Crippen LogP contribution in [0.2, 0.25) is 0 Å². The van der Waals surface area contributed by atoms with Crippen molar-refractivity contribution in [1.29, 1.82) is 5.41 Å². The number of hydrogen-bond donors (Lipinski definition) is 4. The minimum atomic E-state index is -0.548. The first-order valence-corrected chi connectivity index (χ1v) is 5.16. The van der Waals surface area contributed by atoms with Gasteiger partial charge in [-0.2, -0.15) is 11.8 Å². The molecule has 0 aromatic carbocycles. The number of carbonyl (C=O) groups is 1. The second kappa shape index (κ2) is 8.03. The van der Waals surface area contributed by atoms with Gasteiger partial charge in [0.05, 0.1) is 6.04 Å². The Kier molecular flexibility index (Phi) is 7.66. The fourth-order valence-electron chi connectivity index (χ4n) is 0.611. The fourth-order valence-corrected chi connectivity index (χ4v) is 1.48. The second-order valence-corrected chi connectivity index (χ2v) is 3.64. The van der Waals surface area contributed by atoms with Crippen molar-refractivity contribution in [3.8, 4) is 0 Å². The van der Waals surface area contributed by atoms with Gasteiger partial charge in [-0.15, -0.1) is 0 Å². The molecule has 6 N–H and O–H groups in total. The summed E-state index contributed by atoms with van der Waals surface area (Å²) in [7, 11) is 0. The number of rotatable bonds is 8. The lowest BCUT2D eigenvalue weighted by Crippen LogP contribution is -2.38. The molecular weight excluding hydrogens is 188 g/mol. The Morgan fingerprint density at radius 2 is 2.38 bits per heavy atom. The third-order valence-electron chi connectivity index (χ3n) is 1.33. The van der Waals surface area contributed by atoms with E-state index in [0.717, 1.165) is 12.3 Å². The average Bonchev–Trinajstić information content (AvgIpc) is 2.10. The molecule has 0 aliphatic carbocycles. The second-order valence-electron chi connectivity index (χ2n) is 2.49. The molecule has 0 aromatic rings. The van der Waals surface area contributed by atoms with E-state index in [1.54, 1.807) is 11.8 Å². The van der Waals surface area contributed by atoms with E-state index >= 15 is 0 Å². The highest BCUT2D eigenvalue weighted by molar-refractivity contribution is 7.99. The Morgan fingerprint density at radius 3 is 2.92 bits per heavy atom. The average molecular weight is 204 g/mol. The van der Waals surface area contributed by atoms with Gasteiger partial charge in [0.15, 0.2) is 0 Å². The Balaban J connectivity index is 3.15. The molecule has 5 nitrogen and oxygen atoms in total. The number of carbonyl (C=O) groups excluding carboxylic acids is 1. The molecule has 0 aliphatic rings. The van der Waals surface area contributed by atoms with Crippen molar-refractivity contribution in [1.82, 2.24) is 5.32 Å². The maximum atomic E-state index is 10.5. The highest BCUT2D eigenvalue weighted by atomic mass is 32.2. The highest BCUT2D eigenvalue weighted by Gasteiger charge is 2.07. The maximum absolute atomic E-state index is 10.5. The first-order valence-electron chi connectivity index (χ1n) is 4.00. The lowest BCUT2D eigenvalue weighted by atomic mass is 10.3. The van der Waals surface area contributed by atoms with Crippen molar-refractivity contribution >= 4 is 23.9 Å². The predicted octanol–water partition coefficient (Wildman–Crippen LogP) is -1.23. The molecule has 0 saturated carbocycles. The van der Waals surface area contributed by atoms with Crippen LogP contribution < -0.4 is 16.8 Å². The molecule has 0 fully saturated rings. The van der Waals surface area contributed by atoms with Crippen LogP contribution >= 0.6 is 11.8 Å². The fraction of sp³-hybridized carbons (Fsp3) is 0.714. The molecule has 0 heterocycles. The largest absolute Gasteiger partial charge is 0.368 e. The zero-order chi connectivity index (χ0) is 10.1. The van der Waals surface area contributed by atoms with E-state index in [1.807, 2.05) is 0 Å². The number of primary amides is 1. The Labute approximate surface area is 82.1 Å². The van der Waals surface area contributed by atoms with Crippen molar-refractivity contribution < 1.29 is 4.79 Å². The van der Waals surface area contributed by atoms with Crippen molar-refractivity contribution in [2.24, 2.45) is 11.5 Å². The number of amides is 1. The van der Waals surface area contributed by atoms with Gasteiger partial charge in [0.1, 0.15) is 0 Å². The maximum Gasteiger partial charge on any atom is 0.235 e. The summed E-state index contributed by atoms with van der Waals surface area (Å²) in [6, 6.07) is -0.548. The van der Waals surface area contributed by atoms with E-state index < -0.39 is 11.9 Å². The van der Waals surface area contributed by atoms with Crippen molar-refractivity contribution in [2.45, 2.75) is 6.04 Å². The van der Waals surface area contributed by atoms with Gasteiger partial charge in [-0.3, -0.25) is 4.79 Å². The molecule has 6 heteroatoms. The normalized spacial score (nSPS) is 12.4. The molecule has 0 unspecified atom stereocenters. The van der Waals surface area contributed by atoms with Gasteiger partial charge in [0.25, 0.3) is 0 Å². The van der Waals surface area contributed by atoms with Crippen LogP contribution in [0.15, 0.2) is 0 Å². The molecule has 0 bridgehead atoms. The molecular formula is C7H16N4OS. The van der Waals surface area contributed by atoms with Gasteiger partial charge in [-0.05, 0) is 0 Å². The molecule has 1 amide bonds. The highest BCUT2D eigenvalue weighted by Crippen LogP contribution is 1.99. The number of nitrogens with one attached hydrogen (secondary N) is 2. The van der Waals surface area contributed by atoms with Crippen LogP contribution in [0.3, 0.4) is 0 Å². The first-order chi connectivity index (χ1) is 6.18. The minimum absolute atomic E-state index is 0.458. The zero-order valence-electron chi connectivity index (χ0n) is 7.45. The number of hydrogen-bond acceptors (Lipinski definition) is 5. The van der Waals surface area contributed by atoms with Crippen molar-refractivity contribution in [3.05, 3.63) is 0 Å². The lowest BCUT2D eigenvalue weighted by molar-refractivity contribution is -0.118. The molecule has 0 rings (SSSR count). The molecule has 13 heavy (non-hydrogen) atoms. The van der Waals surface area contributed by atoms with E-state index in [4.69, 9.17) is 16.9 Å². The topological polar surface area (TPSA) is 105 Å². The van der Waals surface area contributed by atoms with E-state index in [2.05, 4.69) is 5.32 Å². The van der Waals surface area contributed by atoms with Crippen LogP contribution in [0.1, 0.15) is 0 Å². The summed E-state index contributed by atoms with van der Waals surface area (Å²) in [4.78, 5) is 10.5. The summed E-state index contributed by atoms with van der Waals surface area (Å²) in [6.45, 7) is 1.40. The minimum Gasteiger partial charge on any atom is -0.368 e. The zero-order valence-corrected chi connectivity index (χ0v) is 8.27. The molecule has 0 aromatic heterocycles. The third kappa shape index (κ3) is 7.76. The van der Waals surface area contributed by atoms with Crippen LogP contribution in [0.5, 0.6) is 0 Å². The Hall–Kier alpha value is -0.590. The third-order valence-corrected chi connectivity index (χ3v) is 2.42. The van der Waals surface area contributed by atoms with Crippen molar-refractivity contribution in [3.63, 3.8) is 0 Å². The van der Waals surface area contributed by atoms with Gasteiger partial charge in [-0.1, -0.05) is 0 Å². The summed E-state index contributed by atoms with van der Waals surface area (Å²) in [5.74, 6) is 0.969. The summed E-state index contributed by atoms with van der Waals surface area (Å²) in [5, 5.41) is 9.75. The Morgan fingerprint density at radius 1 is 1.69 bits per heavy atom. The number of thioether (sulfide) groups is 1. The van der Waals surface area contributed by atoms with Crippen LogP contribution in [0, 0.1) is 5.41 Å². The standard InChI is InChI=1S/C7H16N4OS/c8-1-2-11-3-4-13-5-6(9)7(10)12/h1,6,8,11H,2-5,9H2,(H2,10,12)/t6-/m0/s1. The molecule has 0 aliphatic heterocycles. The van der Waals surface area contributed by atoms with Crippen molar-refractivity contribution in [2.75, 3.05) is 24.6 Å². The quantitative estimate of drug-likeness (QED) is 0.293. The summed E-state index contributed by atoms with van der Waals surface area (Å²) in [6.07, 6.45) is 1.31. The van der Waals surface area contributed by atoms with Crippen LogP contribution in [0.4, 0.5) is 0 Å². The van der Waals surface area contributed by atoms with Crippen LogP contribution in [-0.2, 0) is 4.79 Å². The molecule has 1 atom stereocenters. The van der Waals surface area contributed by atoms with Crippen LogP contribution in [0.25, 0.3) is 0 Å². The van der Waals surface area contributed by atoms with Gasteiger partial charge in [0, 0.05) is 30.8 Å². The number of nitrogens with two attached hydrogens (primary N) is 2. The first kappa shape index (κ1) is 12.4. The van der Waals surface area contributed by atoms with Gasteiger partial charge < -0.3 is 22.2 Å². The molecule has 0 radical (unpaired) electrons. The van der Waals surface area contributed by atoms with E-state index in [9.17, 15) is 4.79 Å². The smallest absolute Gasteiger partial charge is 0.235 e. The summed E-state index contributed by atoms with van der Waals surface area (Å²) >= 11 is 1.58. The predicted molar refractivity (Wildman–Crippen MR) is 56.1 cm³/mol. The monoisotopic (exact) mass is 204 g/mol. The molecule has 76 valence electrons. The molecule has 0 spiro atoms. The van der Waals surface area contributed by atoms with E-state index in [0.29, 0.717) is 12.3 Å². The van der Waals surface area contributed by atoms with E-state index in [1.165, 1.54) is 6.21 Å². The Bertz CT molecular complexity index is 165. The SMILES string of the molecule is N=CCNCCSC[C@H](N)C(N)=O. The van der Waals surface area contributed by atoms with Gasteiger partial charge >= 0.3 is 0 Å².